The molecule has 1 N–H and O–H groups in total. The Morgan fingerprint density at radius 3 is 2.56 bits per heavy atom. The SMILES string of the molecule is CC(C)NC(C#N)CCN1CCCC1(C)C. The van der Waals surface area contributed by atoms with E-state index in [4.69, 9.17) is 5.26 Å². The van der Waals surface area contributed by atoms with Crippen molar-refractivity contribution in [2.45, 2.75) is 64.6 Å². The van der Waals surface area contributed by atoms with Crippen LogP contribution in [-0.2, 0) is 0 Å². The molecular weight excluding hydrogens is 198 g/mol. The maximum absolute atomic E-state index is 9.05. The van der Waals surface area contributed by atoms with Crippen molar-refractivity contribution in [1.29, 1.82) is 5.26 Å². The lowest BCUT2D eigenvalue weighted by molar-refractivity contribution is 0.169. The molecule has 1 aliphatic heterocycles. The molecule has 16 heavy (non-hydrogen) atoms. The first-order valence-corrected chi connectivity index (χ1v) is 6.36. The zero-order valence-electron chi connectivity index (χ0n) is 11.1. The fraction of sp³-hybridized carbons (Fsp3) is 0.923. The lowest BCUT2D eigenvalue weighted by atomic mass is 10.0. The van der Waals surface area contributed by atoms with E-state index in [2.05, 4.69) is 44.0 Å². The Morgan fingerprint density at radius 2 is 2.12 bits per heavy atom. The van der Waals surface area contributed by atoms with Gasteiger partial charge in [0.1, 0.15) is 0 Å². The molecule has 1 unspecified atom stereocenters. The highest BCUT2D eigenvalue weighted by Gasteiger charge is 2.31. The number of nitrogens with one attached hydrogen (secondary N) is 1. The minimum absolute atomic E-state index is 0.00333. The Balaban J connectivity index is 2.35. The van der Waals surface area contributed by atoms with Gasteiger partial charge in [0, 0.05) is 18.1 Å². The maximum atomic E-state index is 9.05. The number of likely N-dealkylation sites (tertiary alicyclic amines) is 1. The van der Waals surface area contributed by atoms with Crippen LogP contribution in [0, 0.1) is 11.3 Å². The van der Waals surface area contributed by atoms with E-state index in [-0.39, 0.29) is 6.04 Å². The first kappa shape index (κ1) is 13.5. The van der Waals surface area contributed by atoms with Crippen LogP contribution in [0.3, 0.4) is 0 Å². The molecule has 0 radical (unpaired) electrons. The van der Waals surface area contributed by atoms with Crippen LogP contribution in [0.4, 0.5) is 0 Å². The summed E-state index contributed by atoms with van der Waals surface area (Å²) in [5.41, 5.74) is 0.331. The van der Waals surface area contributed by atoms with Crippen LogP contribution < -0.4 is 5.32 Å². The summed E-state index contributed by atoms with van der Waals surface area (Å²) in [6.07, 6.45) is 3.50. The van der Waals surface area contributed by atoms with Crippen LogP contribution in [0.25, 0.3) is 0 Å². The average molecular weight is 223 g/mol. The van der Waals surface area contributed by atoms with Crippen molar-refractivity contribution in [3.05, 3.63) is 0 Å². The van der Waals surface area contributed by atoms with Crippen LogP contribution in [0.5, 0.6) is 0 Å². The molecule has 0 amide bonds. The summed E-state index contributed by atoms with van der Waals surface area (Å²) in [6.45, 7) is 11.0. The van der Waals surface area contributed by atoms with E-state index in [0.717, 1.165) is 13.0 Å². The predicted octanol–water partition coefficient (Wildman–Crippen LogP) is 2.14. The third-order valence-corrected chi connectivity index (χ3v) is 3.45. The highest BCUT2D eigenvalue weighted by atomic mass is 15.2. The largest absolute Gasteiger partial charge is 0.300 e. The summed E-state index contributed by atoms with van der Waals surface area (Å²) in [7, 11) is 0. The van der Waals surface area contributed by atoms with Crippen LogP contribution in [0.1, 0.15) is 47.0 Å². The summed E-state index contributed by atoms with van der Waals surface area (Å²) in [5, 5.41) is 12.3. The Kier molecular flexibility index (Phi) is 4.76. The number of nitrogens with zero attached hydrogens (tertiary/aromatic N) is 2. The standard InChI is InChI=1S/C13H25N3/c1-11(2)15-12(10-14)6-9-16-8-5-7-13(16,3)4/h11-12,15H,5-9H2,1-4H3. The first-order valence-electron chi connectivity index (χ1n) is 6.36. The van der Waals surface area contributed by atoms with E-state index in [0.29, 0.717) is 11.6 Å². The zero-order valence-corrected chi connectivity index (χ0v) is 11.1. The van der Waals surface area contributed by atoms with Crippen molar-refractivity contribution in [3.8, 4) is 6.07 Å². The first-order chi connectivity index (χ1) is 7.45. The summed E-state index contributed by atoms with van der Waals surface area (Å²) < 4.78 is 0. The molecule has 1 aliphatic rings. The highest BCUT2D eigenvalue weighted by Crippen LogP contribution is 2.28. The Morgan fingerprint density at radius 1 is 1.44 bits per heavy atom. The van der Waals surface area contributed by atoms with E-state index in [1.807, 2.05) is 0 Å². The monoisotopic (exact) mass is 223 g/mol. The summed E-state index contributed by atoms with van der Waals surface area (Å²) in [5.74, 6) is 0. The predicted molar refractivity (Wildman–Crippen MR) is 67.2 cm³/mol. The van der Waals surface area contributed by atoms with E-state index >= 15 is 0 Å². The van der Waals surface area contributed by atoms with Gasteiger partial charge in [-0.3, -0.25) is 10.2 Å². The molecule has 3 nitrogen and oxygen atoms in total. The normalized spacial score (nSPS) is 22.2. The molecule has 0 aromatic heterocycles. The summed E-state index contributed by atoms with van der Waals surface area (Å²) >= 11 is 0. The van der Waals surface area contributed by atoms with Crippen molar-refractivity contribution in [3.63, 3.8) is 0 Å². The minimum Gasteiger partial charge on any atom is -0.300 e. The molecule has 0 aliphatic carbocycles. The van der Waals surface area contributed by atoms with Gasteiger partial charge in [0.15, 0.2) is 0 Å². The molecule has 0 aromatic carbocycles. The molecule has 0 saturated carbocycles. The quantitative estimate of drug-likeness (QED) is 0.776. The van der Waals surface area contributed by atoms with Crippen molar-refractivity contribution in [2.24, 2.45) is 0 Å². The van der Waals surface area contributed by atoms with Crippen LogP contribution in [0.2, 0.25) is 0 Å². The van der Waals surface area contributed by atoms with Crippen molar-refractivity contribution in [1.82, 2.24) is 10.2 Å². The highest BCUT2D eigenvalue weighted by molar-refractivity contribution is 4.94. The van der Waals surface area contributed by atoms with Gasteiger partial charge in [-0.25, -0.2) is 0 Å². The van der Waals surface area contributed by atoms with Gasteiger partial charge in [-0.1, -0.05) is 0 Å². The number of rotatable bonds is 5. The van der Waals surface area contributed by atoms with Crippen molar-refractivity contribution >= 4 is 0 Å². The van der Waals surface area contributed by atoms with E-state index in [9.17, 15) is 0 Å². The van der Waals surface area contributed by atoms with Gasteiger partial charge < -0.3 is 0 Å². The maximum Gasteiger partial charge on any atom is 0.0967 e. The fourth-order valence-corrected chi connectivity index (χ4v) is 2.45. The van der Waals surface area contributed by atoms with Crippen molar-refractivity contribution < 1.29 is 0 Å². The van der Waals surface area contributed by atoms with Crippen LogP contribution in [0.15, 0.2) is 0 Å². The van der Waals surface area contributed by atoms with Gasteiger partial charge in [-0.15, -0.1) is 0 Å². The molecule has 0 spiro atoms. The van der Waals surface area contributed by atoms with Gasteiger partial charge in [0.2, 0.25) is 0 Å². The Hall–Kier alpha value is -0.590. The molecule has 1 fully saturated rings. The summed E-state index contributed by atoms with van der Waals surface area (Å²) in [4.78, 5) is 2.51. The molecule has 92 valence electrons. The molecule has 0 aromatic rings. The van der Waals surface area contributed by atoms with Crippen LogP contribution in [-0.4, -0.2) is 35.6 Å². The molecular formula is C13H25N3. The topological polar surface area (TPSA) is 39.1 Å². The molecule has 1 heterocycles. The average Bonchev–Trinajstić information content (AvgIpc) is 2.52. The van der Waals surface area contributed by atoms with E-state index < -0.39 is 0 Å². The third kappa shape index (κ3) is 3.77. The van der Waals surface area contributed by atoms with Gasteiger partial charge in [0.05, 0.1) is 12.1 Å². The van der Waals surface area contributed by atoms with E-state index in [1.54, 1.807) is 0 Å². The van der Waals surface area contributed by atoms with Gasteiger partial charge >= 0.3 is 0 Å². The Labute approximate surface area is 99.8 Å². The van der Waals surface area contributed by atoms with Gasteiger partial charge in [-0.05, 0) is 53.5 Å². The number of hydrogen-bond acceptors (Lipinski definition) is 3. The fourth-order valence-electron chi connectivity index (χ4n) is 2.45. The molecule has 1 saturated heterocycles. The third-order valence-electron chi connectivity index (χ3n) is 3.45. The second-order valence-electron chi connectivity index (χ2n) is 5.69. The van der Waals surface area contributed by atoms with Crippen LogP contribution >= 0.6 is 0 Å². The van der Waals surface area contributed by atoms with Gasteiger partial charge in [-0.2, -0.15) is 5.26 Å². The molecule has 0 bridgehead atoms. The lowest BCUT2D eigenvalue weighted by Crippen LogP contribution is -2.42. The molecule has 1 atom stereocenters. The van der Waals surface area contributed by atoms with E-state index in [1.165, 1.54) is 19.4 Å². The zero-order chi connectivity index (χ0) is 12.2. The number of nitriles is 1. The molecule has 3 heteroatoms. The van der Waals surface area contributed by atoms with Crippen molar-refractivity contribution in [2.75, 3.05) is 13.1 Å². The molecule has 1 rings (SSSR count). The van der Waals surface area contributed by atoms with Gasteiger partial charge in [0.25, 0.3) is 0 Å². The number of hydrogen-bond donors (Lipinski definition) is 1. The minimum atomic E-state index is -0.00333. The second kappa shape index (κ2) is 5.65. The lowest BCUT2D eigenvalue weighted by Gasteiger charge is -2.32. The second-order valence-corrected chi connectivity index (χ2v) is 5.69. The summed E-state index contributed by atoms with van der Waals surface area (Å²) in [6, 6.07) is 2.73. The smallest absolute Gasteiger partial charge is 0.0967 e. The Bertz CT molecular complexity index is 252.